The van der Waals surface area contributed by atoms with Gasteiger partial charge in [-0.15, -0.1) is 0 Å². The minimum atomic E-state index is -0.870. The van der Waals surface area contributed by atoms with Crippen LogP contribution in [0.15, 0.2) is 55.1 Å². The van der Waals surface area contributed by atoms with Gasteiger partial charge < -0.3 is 25.8 Å². The van der Waals surface area contributed by atoms with E-state index < -0.39 is 12.2 Å². The molecular weight excluding hydrogens is 442 g/mol. The number of anilines is 1. The quantitative estimate of drug-likeness (QED) is 0.350. The van der Waals surface area contributed by atoms with E-state index in [1.807, 2.05) is 45.9 Å². The van der Waals surface area contributed by atoms with Gasteiger partial charge in [0.25, 0.3) is 0 Å². The van der Waals surface area contributed by atoms with Crippen LogP contribution in [-0.4, -0.2) is 59.8 Å². The van der Waals surface area contributed by atoms with Gasteiger partial charge in [0, 0.05) is 18.0 Å². The number of nitrogens with two attached hydrogens (primary N) is 1. The van der Waals surface area contributed by atoms with Crippen molar-refractivity contribution < 1.29 is 10.2 Å². The summed E-state index contributed by atoms with van der Waals surface area (Å²) < 4.78 is 3.88. The SMILES string of the molecule is Nc1ncnc2c1c(-c1ccn(Cc3ccccc3)n1)cn2[C@@H]1C[C@H](C2CCNCC2)[C@@H](O)[C@H]1O. The molecule has 3 aromatic heterocycles. The minimum absolute atomic E-state index is 0.0577. The molecule has 4 heterocycles. The highest BCUT2D eigenvalue weighted by Crippen LogP contribution is 2.44. The van der Waals surface area contributed by atoms with Crippen LogP contribution in [0.1, 0.15) is 30.9 Å². The van der Waals surface area contributed by atoms with Crippen molar-refractivity contribution in [2.24, 2.45) is 11.8 Å². The van der Waals surface area contributed by atoms with Crippen molar-refractivity contribution in [3.63, 3.8) is 0 Å². The monoisotopic (exact) mass is 473 g/mol. The van der Waals surface area contributed by atoms with Gasteiger partial charge in [-0.2, -0.15) is 5.10 Å². The van der Waals surface area contributed by atoms with Crippen LogP contribution in [0.2, 0.25) is 0 Å². The first-order valence-electron chi connectivity index (χ1n) is 12.4. The zero-order valence-corrected chi connectivity index (χ0v) is 19.5. The zero-order chi connectivity index (χ0) is 23.9. The van der Waals surface area contributed by atoms with Gasteiger partial charge in [-0.1, -0.05) is 30.3 Å². The Morgan fingerprint density at radius 3 is 2.63 bits per heavy atom. The Morgan fingerprint density at radius 1 is 1.03 bits per heavy atom. The number of piperidine rings is 1. The third-order valence-corrected chi connectivity index (χ3v) is 7.79. The molecule has 9 heteroatoms. The summed E-state index contributed by atoms with van der Waals surface area (Å²) in [6.07, 6.45) is 6.48. The van der Waals surface area contributed by atoms with Crippen molar-refractivity contribution in [2.75, 3.05) is 18.8 Å². The van der Waals surface area contributed by atoms with Gasteiger partial charge in [0.05, 0.1) is 29.8 Å². The van der Waals surface area contributed by atoms with Gasteiger partial charge in [-0.25, -0.2) is 9.97 Å². The lowest BCUT2D eigenvalue weighted by Gasteiger charge is -2.30. The molecule has 1 saturated carbocycles. The fourth-order valence-corrected chi connectivity index (χ4v) is 5.98. The lowest BCUT2D eigenvalue weighted by molar-refractivity contribution is -0.00767. The smallest absolute Gasteiger partial charge is 0.146 e. The number of aliphatic hydroxyl groups is 2. The number of rotatable bonds is 5. The maximum absolute atomic E-state index is 11.1. The largest absolute Gasteiger partial charge is 0.390 e. The summed E-state index contributed by atoms with van der Waals surface area (Å²) in [5.41, 5.74) is 9.75. The van der Waals surface area contributed by atoms with Crippen molar-refractivity contribution in [3.05, 3.63) is 60.7 Å². The van der Waals surface area contributed by atoms with E-state index in [1.54, 1.807) is 0 Å². The van der Waals surface area contributed by atoms with Crippen molar-refractivity contribution in [3.8, 4) is 11.3 Å². The van der Waals surface area contributed by atoms with E-state index in [2.05, 4.69) is 27.4 Å². The Bertz CT molecular complexity index is 1310. The second-order valence-electron chi connectivity index (χ2n) is 9.83. The number of hydrogen-bond acceptors (Lipinski definition) is 7. The van der Waals surface area contributed by atoms with Gasteiger partial charge in [-0.05, 0) is 55.8 Å². The number of aliphatic hydroxyl groups excluding tert-OH is 2. The van der Waals surface area contributed by atoms with Crippen LogP contribution >= 0.6 is 0 Å². The van der Waals surface area contributed by atoms with Crippen LogP contribution in [-0.2, 0) is 6.54 Å². The standard InChI is InChI=1S/C26H31N7O2/c27-25-22-19(20-8-11-32(31-20)13-16-4-2-1-3-5-16)14-33(26(22)30-15-29-25)21-12-18(23(34)24(21)35)17-6-9-28-10-7-17/h1-5,8,11,14-15,17-18,21,23-24,28,34-35H,6-7,9-10,12-13H2,(H2,27,29,30)/t18-,21-,23-,24+/m1/s1. The third kappa shape index (κ3) is 3.99. The van der Waals surface area contributed by atoms with Crippen molar-refractivity contribution in [1.29, 1.82) is 0 Å². The highest BCUT2D eigenvalue weighted by atomic mass is 16.3. The molecule has 1 aromatic carbocycles. The van der Waals surface area contributed by atoms with Crippen molar-refractivity contribution >= 4 is 16.9 Å². The summed E-state index contributed by atoms with van der Waals surface area (Å²) in [6.45, 7) is 2.58. The molecule has 2 aliphatic rings. The normalized spacial score (nSPS) is 25.4. The molecule has 35 heavy (non-hydrogen) atoms. The van der Waals surface area contributed by atoms with Gasteiger partial charge >= 0.3 is 0 Å². The number of nitrogen functional groups attached to an aromatic ring is 1. The maximum atomic E-state index is 11.1. The number of nitrogens with one attached hydrogen (secondary N) is 1. The highest BCUT2D eigenvalue weighted by molar-refractivity contribution is 5.99. The minimum Gasteiger partial charge on any atom is -0.390 e. The molecule has 4 atom stereocenters. The Kier molecular flexibility index (Phi) is 5.75. The maximum Gasteiger partial charge on any atom is 0.146 e. The van der Waals surface area contributed by atoms with E-state index in [4.69, 9.17) is 10.8 Å². The number of benzene rings is 1. The zero-order valence-electron chi connectivity index (χ0n) is 19.5. The lowest BCUT2D eigenvalue weighted by atomic mass is 9.82. The summed E-state index contributed by atoms with van der Waals surface area (Å²) in [7, 11) is 0. The van der Waals surface area contributed by atoms with Crippen LogP contribution < -0.4 is 11.1 Å². The molecular formula is C26H31N7O2. The first-order chi connectivity index (χ1) is 17.1. The lowest BCUT2D eigenvalue weighted by Crippen LogP contribution is -2.37. The van der Waals surface area contributed by atoms with E-state index >= 15 is 0 Å². The van der Waals surface area contributed by atoms with Crippen LogP contribution in [0.4, 0.5) is 5.82 Å². The molecule has 9 nitrogen and oxygen atoms in total. The summed E-state index contributed by atoms with van der Waals surface area (Å²) in [5, 5.41) is 31.0. The number of aromatic nitrogens is 5. The molecule has 1 aliphatic carbocycles. The third-order valence-electron chi connectivity index (χ3n) is 7.79. The Balaban J connectivity index is 1.36. The predicted molar refractivity (Wildman–Crippen MR) is 133 cm³/mol. The number of nitrogens with zero attached hydrogens (tertiary/aromatic N) is 5. The van der Waals surface area contributed by atoms with E-state index in [0.29, 0.717) is 30.3 Å². The topological polar surface area (TPSA) is 127 Å². The molecule has 5 N–H and O–H groups in total. The Hall–Kier alpha value is -3.27. The first kappa shape index (κ1) is 22.2. The highest BCUT2D eigenvalue weighted by Gasteiger charge is 2.46. The fraction of sp³-hybridized carbons (Fsp3) is 0.423. The molecule has 0 amide bonds. The second-order valence-corrected chi connectivity index (χ2v) is 9.83. The van der Waals surface area contributed by atoms with Gasteiger partial charge in [0.15, 0.2) is 0 Å². The first-order valence-corrected chi connectivity index (χ1v) is 12.4. The molecule has 2 fully saturated rings. The van der Waals surface area contributed by atoms with Gasteiger partial charge in [-0.3, -0.25) is 4.68 Å². The van der Waals surface area contributed by atoms with Gasteiger partial charge in [0.2, 0.25) is 0 Å². The van der Waals surface area contributed by atoms with Crippen molar-refractivity contribution in [1.82, 2.24) is 29.6 Å². The second kappa shape index (κ2) is 9.07. The van der Waals surface area contributed by atoms with Crippen LogP contribution in [0, 0.1) is 11.8 Å². The summed E-state index contributed by atoms with van der Waals surface area (Å²) in [6, 6.07) is 11.9. The molecule has 182 valence electrons. The van der Waals surface area contributed by atoms with E-state index in [9.17, 15) is 10.2 Å². The Morgan fingerprint density at radius 2 is 1.83 bits per heavy atom. The molecule has 0 bridgehead atoms. The number of fused-ring (bicyclic) bond motifs is 1. The van der Waals surface area contributed by atoms with E-state index in [1.165, 1.54) is 11.9 Å². The molecule has 4 aromatic rings. The predicted octanol–water partition coefficient (Wildman–Crippen LogP) is 2.21. The summed E-state index contributed by atoms with van der Waals surface area (Å²) in [4.78, 5) is 8.77. The molecule has 0 spiro atoms. The molecule has 0 unspecified atom stereocenters. The number of hydrogen-bond donors (Lipinski definition) is 4. The average Bonchev–Trinajstić information content (AvgIpc) is 3.58. The Labute approximate surface area is 203 Å². The molecule has 1 saturated heterocycles. The van der Waals surface area contributed by atoms with Crippen LogP contribution in [0.3, 0.4) is 0 Å². The van der Waals surface area contributed by atoms with Crippen LogP contribution in [0.5, 0.6) is 0 Å². The molecule has 0 radical (unpaired) electrons. The average molecular weight is 474 g/mol. The van der Waals surface area contributed by atoms with E-state index in [-0.39, 0.29) is 12.0 Å². The molecule has 1 aliphatic heterocycles. The van der Waals surface area contributed by atoms with E-state index in [0.717, 1.165) is 42.6 Å². The van der Waals surface area contributed by atoms with Crippen molar-refractivity contribution in [2.45, 2.75) is 44.1 Å². The summed E-state index contributed by atoms with van der Waals surface area (Å²) >= 11 is 0. The van der Waals surface area contributed by atoms with Gasteiger partial charge in [0.1, 0.15) is 23.9 Å². The fourth-order valence-electron chi connectivity index (χ4n) is 5.98. The molecule has 6 rings (SSSR count). The van der Waals surface area contributed by atoms with Crippen LogP contribution in [0.25, 0.3) is 22.3 Å². The summed E-state index contributed by atoms with van der Waals surface area (Å²) in [5.74, 6) is 0.840.